The van der Waals surface area contributed by atoms with Gasteiger partial charge in [0.15, 0.2) is 0 Å². The zero-order valence-corrected chi connectivity index (χ0v) is 10.1. The van der Waals surface area contributed by atoms with Crippen molar-refractivity contribution in [1.29, 1.82) is 0 Å². The summed E-state index contributed by atoms with van der Waals surface area (Å²) < 4.78 is 0. The van der Waals surface area contributed by atoms with Gasteiger partial charge in [-0.25, -0.2) is 0 Å². The Balaban J connectivity index is 4.07. The van der Waals surface area contributed by atoms with E-state index in [-0.39, 0.29) is 11.5 Å². The number of aliphatic hydroxyl groups is 1. The zero-order valence-electron chi connectivity index (χ0n) is 10.1. The fraction of sp³-hybridized carbons (Fsp3) is 1.00. The second-order valence-electron chi connectivity index (χ2n) is 4.95. The van der Waals surface area contributed by atoms with Crippen molar-refractivity contribution < 1.29 is 5.11 Å². The summed E-state index contributed by atoms with van der Waals surface area (Å²) in [4.78, 5) is 2.29. The lowest BCUT2D eigenvalue weighted by Gasteiger charge is -2.32. The van der Waals surface area contributed by atoms with Crippen LogP contribution in [0.4, 0.5) is 0 Å². The first-order chi connectivity index (χ1) is 6.41. The summed E-state index contributed by atoms with van der Waals surface area (Å²) in [5.41, 5.74) is 5.84. The maximum Gasteiger partial charge on any atom is 0.0639 e. The summed E-state index contributed by atoms with van der Waals surface area (Å²) in [6.45, 7) is 11.7. The number of nitrogens with zero attached hydrogens (tertiary/aromatic N) is 1. The number of hydrogen-bond donors (Lipinski definition) is 2. The molecule has 0 fully saturated rings. The van der Waals surface area contributed by atoms with Gasteiger partial charge in [0.1, 0.15) is 0 Å². The average Bonchev–Trinajstić information content (AvgIpc) is 2.03. The molecule has 0 aliphatic rings. The third kappa shape index (κ3) is 6.35. The Kier molecular flexibility index (Phi) is 6.33. The van der Waals surface area contributed by atoms with Crippen LogP contribution in [0.2, 0.25) is 0 Å². The molecule has 86 valence electrons. The summed E-state index contributed by atoms with van der Waals surface area (Å²) in [5, 5.41) is 9.35. The highest BCUT2D eigenvalue weighted by Crippen LogP contribution is 2.15. The fourth-order valence-corrected chi connectivity index (χ4v) is 1.59. The van der Waals surface area contributed by atoms with Gasteiger partial charge < -0.3 is 15.7 Å². The van der Waals surface area contributed by atoms with E-state index in [1.54, 1.807) is 0 Å². The first-order valence-corrected chi connectivity index (χ1v) is 5.51. The van der Waals surface area contributed by atoms with Crippen molar-refractivity contribution in [2.45, 2.75) is 40.2 Å². The van der Waals surface area contributed by atoms with Crippen LogP contribution in [0.15, 0.2) is 0 Å². The molecule has 3 N–H and O–H groups in total. The topological polar surface area (TPSA) is 49.5 Å². The molecule has 0 saturated carbocycles. The zero-order chi connectivity index (χ0) is 11.2. The molecule has 0 radical (unpaired) electrons. The molecule has 1 unspecified atom stereocenters. The van der Waals surface area contributed by atoms with Gasteiger partial charge in [-0.15, -0.1) is 0 Å². The molecule has 1 atom stereocenters. The SMILES string of the molecule is CCCN(CC(C)O)CC(C)(C)CN. The molecule has 0 aliphatic heterocycles. The van der Waals surface area contributed by atoms with Crippen LogP contribution in [0.1, 0.15) is 34.1 Å². The van der Waals surface area contributed by atoms with Crippen LogP contribution in [-0.2, 0) is 0 Å². The van der Waals surface area contributed by atoms with Gasteiger partial charge in [-0.1, -0.05) is 20.8 Å². The van der Waals surface area contributed by atoms with E-state index in [2.05, 4.69) is 25.7 Å². The number of rotatable bonds is 7. The van der Waals surface area contributed by atoms with Crippen LogP contribution in [-0.4, -0.2) is 42.3 Å². The molecular formula is C11H26N2O. The minimum absolute atomic E-state index is 0.143. The lowest BCUT2D eigenvalue weighted by Crippen LogP contribution is -2.42. The van der Waals surface area contributed by atoms with E-state index in [0.717, 1.165) is 26.1 Å². The van der Waals surface area contributed by atoms with Gasteiger partial charge in [0.2, 0.25) is 0 Å². The van der Waals surface area contributed by atoms with Crippen LogP contribution >= 0.6 is 0 Å². The molecule has 0 aliphatic carbocycles. The molecule has 0 rings (SSSR count). The Bertz CT molecular complexity index is 146. The maximum absolute atomic E-state index is 9.35. The highest BCUT2D eigenvalue weighted by atomic mass is 16.3. The standard InChI is InChI=1S/C11H26N2O/c1-5-6-13(7-10(2)14)9-11(3,4)8-12/h10,14H,5-9,12H2,1-4H3. The van der Waals surface area contributed by atoms with Crippen LogP contribution in [0, 0.1) is 5.41 Å². The number of hydrogen-bond acceptors (Lipinski definition) is 3. The Morgan fingerprint density at radius 2 is 2.00 bits per heavy atom. The van der Waals surface area contributed by atoms with Crippen LogP contribution in [0.5, 0.6) is 0 Å². The third-order valence-electron chi connectivity index (χ3n) is 2.27. The second-order valence-corrected chi connectivity index (χ2v) is 4.95. The molecule has 0 bridgehead atoms. The summed E-state index contributed by atoms with van der Waals surface area (Å²) in [7, 11) is 0. The molecule has 14 heavy (non-hydrogen) atoms. The van der Waals surface area contributed by atoms with Gasteiger partial charge in [-0.3, -0.25) is 0 Å². The molecule has 0 aromatic carbocycles. The Hall–Kier alpha value is -0.120. The van der Waals surface area contributed by atoms with Gasteiger partial charge in [0.05, 0.1) is 6.10 Å². The predicted octanol–water partition coefficient (Wildman–Crippen LogP) is 1.06. The quantitative estimate of drug-likeness (QED) is 0.649. The first kappa shape index (κ1) is 13.9. The van der Waals surface area contributed by atoms with Crippen molar-refractivity contribution >= 4 is 0 Å². The third-order valence-corrected chi connectivity index (χ3v) is 2.27. The van der Waals surface area contributed by atoms with Crippen LogP contribution in [0.25, 0.3) is 0 Å². The summed E-state index contributed by atoms with van der Waals surface area (Å²) in [5.74, 6) is 0. The van der Waals surface area contributed by atoms with Crippen molar-refractivity contribution in [1.82, 2.24) is 4.90 Å². The largest absolute Gasteiger partial charge is 0.392 e. The van der Waals surface area contributed by atoms with Gasteiger partial charge in [0, 0.05) is 13.1 Å². The molecule has 0 aromatic rings. The predicted molar refractivity (Wildman–Crippen MR) is 61.2 cm³/mol. The minimum Gasteiger partial charge on any atom is -0.392 e. The normalized spacial score (nSPS) is 14.8. The number of aliphatic hydroxyl groups excluding tert-OH is 1. The monoisotopic (exact) mass is 202 g/mol. The minimum atomic E-state index is -0.255. The van der Waals surface area contributed by atoms with E-state index in [9.17, 15) is 5.11 Å². The van der Waals surface area contributed by atoms with Crippen molar-refractivity contribution in [3.8, 4) is 0 Å². The fourth-order valence-electron chi connectivity index (χ4n) is 1.59. The summed E-state index contributed by atoms with van der Waals surface area (Å²) in [6.07, 6.45) is 0.864. The number of nitrogens with two attached hydrogens (primary N) is 1. The molecule has 0 saturated heterocycles. The van der Waals surface area contributed by atoms with E-state index in [0.29, 0.717) is 6.54 Å². The van der Waals surface area contributed by atoms with Gasteiger partial charge >= 0.3 is 0 Å². The van der Waals surface area contributed by atoms with Crippen molar-refractivity contribution in [3.63, 3.8) is 0 Å². The molecule has 0 amide bonds. The maximum atomic E-state index is 9.35. The Labute approximate surface area is 88.3 Å². The second kappa shape index (κ2) is 6.38. The van der Waals surface area contributed by atoms with E-state index in [1.807, 2.05) is 6.92 Å². The van der Waals surface area contributed by atoms with E-state index >= 15 is 0 Å². The van der Waals surface area contributed by atoms with Gasteiger partial charge in [0.25, 0.3) is 0 Å². The summed E-state index contributed by atoms with van der Waals surface area (Å²) >= 11 is 0. The van der Waals surface area contributed by atoms with Crippen LogP contribution < -0.4 is 5.73 Å². The smallest absolute Gasteiger partial charge is 0.0639 e. The van der Waals surface area contributed by atoms with Crippen molar-refractivity contribution in [2.24, 2.45) is 11.1 Å². The molecule has 0 heterocycles. The van der Waals surface area contributed by atoms with Crippen molar-refractivity contribution in [2.75, 3.05) is 26.2 Å². The van der Waals surface area contributed by atoms with E-state index < -0.39 is 0 Å². The van der Waals surface area contributed by atoms with Gasteiger partial charge in [-0.05, 0) is 31.8 Å². The Morgan fingerprint density at radius 1 is 1.43 bits per heavy atom. The lowest BCUT2D eigenvalue weighted by molar-refractivity contribution is 0.100. The van der Waals surface area contributed by atoms with E-state index in [1.165, 1.54) is 0 Å². The molecular weight excluding hydrogens is 176 g/mol. The van der Waals surface area contributed by atoms with Crippen molar-refractivity contribution in [3.05, 3.63) is 0 Å². The molecule has 3 heteroatoms. The van der Waals surface area contributed by atoms with E-state index in [4.69, 9.17) is 5.73 Å². The molecule has 3 nitrogen and oxygen atoms in total. The van der Waals surface area contributed by atoms with Crippen LogP contribution in [0.3, 0.4) is 0 Å². The summed E-state index contributed by atoms with van der Waals surface area (Å²) in [6, 6.07) is 0. The first-order valence-electron chi connectivity index (χ1n) is 5.51. The Morgan fingerprint density at radius 3 is 2.36 bits per heavy atom. The highest BCUT2D eigenvalue weighted by molar-refractivity contribution is 4.75. The highest BCUT2D eigenvalue weighted by Gasteiger charge is 2.20. The molecule has 0 spiro atoms. The average molecular weight is 202 g/mol. The molecule has 0 aromatic heterocycles. The van der Waals surface area contributed by atoms with Gasteiger partial charge in [-0.2, -0.15) is 0 Å². The lowest BCUT2D eigenvalue weighted by atomic mass is 9.93.